The monoisotopic (exact) mass is 382 g/mol. The third-order valence-corrected chi connectivity index (χ3v) is 4.98. The minimum Gasteiger partial charge on any atom is -0.335 e. The van der Waals surface area contributed by atoms with Crippen LogP contribution in [0.4, 0.5) is 6.01 Å². The second-order valence-corrected chi connectivity index (χ2v) is 6.94. The Bertz CT molecular complexity index is 947. The first-order valence-electron chi connectivity index (χ1n) is 8.81. The van der Waals surface area contributed by atoms with Gasteiger partial charge in [0.25, 0.3) is 5.91 Å². The van der Waals surface area contributed by atoms with E-state index in [0.29, 0.717) is 43.0 Å². The number of piperazine rings is 1. The molecular weight excluding hydrogens is 364 g/mol. The molecule has 6 nitrogen and oxygen atoms in total. The Hall–Kier alpha value is -2.86. The maximum Gasteiger partial charge on any atom is 0.324 e. The molecule has 1 amide bonds. The Morgan fingerprint density at radius 2 is 1.74 bits per heavy atom. The van der Waals surface area contributed by atoms with E-state index in [1.54, 1.807) is 12.1 Å². The fourth-order valence-electron chi connectivity index (χ4n) is 3.14. The fourth-order valence-corrected chi connectivity index (χ4v) is 3.27. The molecule has 0 radical (unpaired) electrons. The number of nitrogens with zero attached hydrogens (tertiary/aromatic N) is 4. The average molecular weight is 383 g/mol. The summed E-state index contributed by atoms with van der Waals surface area (Å²) in [6, 6.07) is 15.5. The minimum absolute atomic E-state index is 0.0696. The Kier molecular flexibility index (Phi) is 4.81. The van der Waals surface area contributed by atoms with Crippen molar-refractivity contribution in [1.82, 2.24) is 15.0 Å². The van der Waals surface area contributed by atoms with E-state index in [1.807, 2.05) is 53.1 Å². The topological polar surface area (TPSA) is 62.5 Å². The zero-order valence-electron chi connectivity index (χ0n) is 14.9. The lowest BCUT2D eigenvalue weighted by Crippen LogP contribution is -2.49. The molecule has 1 aliphatic rings. The second-order valence-electron chi connectivity index (χ2n) is 6.50. The van der Waals surface area contributed by atoms with Gasteiger partial charge < -0.3 is 14.3 Å². The number of hydrogen-bond donors (Lipinski definition) is 0. The summed E-state index contributed by atoms with van der Waals surface area (Å²) in [5.41, 5.74) is 2.60. The molecule has 1 aliphatic heterocycles. The number of benzene rings is 2. The number of rotatable bonds is 3. The molecule has 3 aromatic rings. The van der Waals surface area contributed by atoms with Crippen molar-refractivity contribution in [2.45, 2.75) is 6.92 Å². The fraction of sp³-hybridized carbons (Fsp3) is 0.250. The first kappa shape index (κ1) is 17.5. The predicted octanol–water partition coefficient (Wildman–Crippen LogP) is 3.66. The van der Waals surface area contributed by atoms with Gasteiger partial charge in [-0.05, 0) is 42.8 Å². The first-order chi connectivity index (χ1) is 13.1. The van der Waals surface area contributed by atoms with Crippen LogP contribution >= 0.6 is 11.6 Å². The normalized spacial score (nSPS) is 14.4. The van der Waals surface area contributed by atoms with Gasteiger partial charge in [0.1, 0.15) is 0 Å². The highest BCUT2D eigenvalue weighted by molar-refractivity contribution is 6.30. The summed E-state index contributed by atoms with van der Waals surface area (Å²) in [6.07, 6.45) is 0. The highest BCUT2D eigenvalue weighted by atomic mass is 35.5. The van der Waals surface area contributed by atoms with Crippen LogP contribution in [0.2, 0.25) is 5.02 Å². The third-order valence-electron chi connectivity index (χ3n) is 4.73. The molecule has 1 saturated heterocycles. The lowest BCUT2D eigenvalue weighted by Gasteiger charge is -2.33. The van der Waals surface area contributed by atoms with Gasteiger partial charge >= 0.3 is 6.01 Å². The Morgan fingerprint density at radius 1 is 1.04 bits per heavy atom. The Balaban J connectivity index is 1.42. The molecule has 1 aromatic heterocycles. The van der Waals surface area contributed by atoms with Crippen molar-refractivity contribution in [3.63, 3.8) is 0 Å². The second kappa shape index (κ2) is 7.40. The van der Waals surface area contributed by atoms with Gasteiger partial charge in [0.15, 0.2) is 0 Å². The van der Waals surface area contributed by atoms with Gasteiger partial charge in [-0.25, -0.2) is 0 Å². The minimum atomic E-state index is 0.0696. The van der Waals surface area contributed by atoms with Gasteiger partial charge in [-0.3, -0.25) is 4.79 Å². The molecule has 1 fully saturated rings. The highest BCUT2D eigenvalue weighted by Crippen LogP contribution is 2.23. The van der Waals surface area contributed by atoms with Crippen molar-refractivity contribution in [3.8, 4) is 11.4 Å². The summed E-state index contributed by atoms with van der Waals surface area (Å²) in [6.45, 7) is 4.50. The summed E-state index contributed by atoms with van der Waals surface area (Å²) < 4.78 is 5.42. The maximum absolute atomic E-state index is 12.7. The van der Waals surface area contributed by atoms with E-state index in [1.165, 1.54) is 0 Å². The van der Waals surface area contributed by atoms with E-state index < -0.39 is 0 Å². The standard InChI is InChI=1S/C20H19ClN4O2/c1-14-4-2-3-5-17(14)19(26)24-10-12-25(13-11-24)20-22-18(23-27-20)15-6-8-16(21)9-7-15/h2-9H,10-13H2,1H3. The number of carbonyl (C=O) groups is 1. The van der Waals surface area contributed by atoms with Crippen molar-refractivity contribution in [3.05, 3.63) is 64.7 Å². The molecule has 2 heterocycles. The molecule has 27 heavy (non-hydrogen) atoms. The van der Waals surface area contributed by atoms with Gasteiger partial charge in [-0.1, -0.05) is 35.0 Å². The Labute approximate surface area is 162 Å². The smallest absolute Gasteiger partial charge is 0.324 e. The van der Waals surface area contributed by atoms with Crippen molar-refractivity contribution in [2.75, 3.05) is 31.1 Å². The highest BCUT2D eigenvalue weighted by Gasteiger charge is 2.25. The molecule has 2 aromatic carbocycles. The zero-order chi connectivity index (χ0) is 18.8. The van der Waals surface area contributed by atoms with E-state index in [9.17, 15) is 4.79 Å². The molecule has 0 saturated carbocycles. The van der Waals surface area contributed by atoms with Crippen LogP contribution in [0.3, 0.4) is 0 Å². The molecule has 4 rings (SSSR count). The lowest BCUT2D eigenvalue weighted by molar-refractivity contribution is 0.0744. The lowest BCUT2D eigenvalue weighted by atomic mass is 10.1. The first-order valence-corrected chi connectivity index (χ1v) is 9.19. The van der Waals surface area contributed by atoms with Crippen molar-refractivity contribution in [1.29, 1.82) is 0 Å². The van der Waals surface area contributed by atoms with Gasteiger partial charge in [-0.15, -0.1) is 0 Å². The number of hydrogen-bond acceptors (Lipinski definition) is 5. The molecule has 138 valence electrons. The van der Waals surface area contributed by atoms with Crippen LogP contribution in [0.1, 0.15) is 15.9 Å². The van der Waals surface area contributed by atoms with Gasteiger partial charge in [0, 0.05) is 42.3 Å². The number of amides is 1. The van der Waals surface area contributed by atoms with E-state index in [-0.39, 0.29) is 5.91 Å². The van der Waals surface area contributed by atoms with E-state index in [4.69, 9.17) is 16.1 Å². The number of carbonyl (C=O) groups excluding carboxylic acids is 1. The van der Waals surface area contributed by atoms with Gasteiger partial charge in [0.2, 0.25) is 5.82 Å². The molecule has 0 atom stereocenters. The number of halogens is 1. The van der Waals surface area contributed by atoms with E-state index >= 15 is 0 Å². The van der Waals surface area contributed by atoms with Gasteiger partial charge in [-0.2, -0.15) is 4.98 Å². The zero-order valence-corrected chi connectivity index (χ0v) is 15.7. The van der Waals surface area contributed by atoms with Crippen LogP contribution in [0.5, 0.6) is 0 Å². The van der Waals surface area contributed by atoms with Crippen LogP contribution < -0.4 is 4.90 Å². The van der Waals surface area contributed by atoms with E-state index in [0.717, 1.165) is 16.7 Å². The summed E-state index contributed by atoms with van der Waals surface area (Å²) in [4.78, 5) is 21.1. The third kappa shape index (κ3) is 3.66. The molecule has 0 unspecified atom stereocenters. The van der Waals surface area contributed by atoms with Crippen LogP contribution in [0.25, 0.3) is 11.4 Å². The average Bonchev–Trinajstić information content (AvgIpc) is 3.19. The summed E-state index contributed by atoms with van der Waals surface area (Å²) in [5, 5.41) is 4.72. The molecule has 0 N–H and O–H groups in total. The van der Waals surface area contributed by atoms with Crippen LogP contribution in [0, 0.1) is 6.92 Å². The predicted molar refractivity (Wildman–Crippen MR) is 104 cm³/mol. The van der Waals surface area contributed by atoms with Crippen molar-refractivity contribution >= 4 is 23.5 Å². The molecule has 0 spiro atoms. The van der Waals surface area contributed by atoms with Crippen molar-refractivity contribution in [2.24, 2.45) is 0 Å². The van der Waals surface area contributed by atoms with Crippen LogP contribution in [-0.4, -0.2) is 47.1 Å². The maximum atomic E-state index is 12.7. The summed E-state index contributed by atoms with van der Waals surface area (Å²) in [5.74, 6) is 0.597. The number of anilines is 1. The van der Waals surface area contributed by atoms with Crippen LogP contribution in [0.15, 0.2) is 53.1 Å². The summed E-state index contributed by atoms with van der Waals surface area (Å²) >= 11 is 5.91. The van der Waals surface area contributed by atoms with Crippen LogP contribution in [-0.2, 0) is 0 Å². The number of aromatic nitrogens is 2. The number of aryl methyl sites for hydroxylation is 1. The SMILES string of the molecule is Cc1ccccc1C(=O)N1CCN(c2nc(-c3ccc(Cl)cc3)no2)CC1. The quantitative estimate of drug-likeness (QED) is 0.691. The molecule has 0 aliphatic carbocycles. The summed E-state index contributed by atoms with van der Waals surface area (Å²) in [7, 11) is 0. The molecular formula is C20H19ClN4O2. The molecule has 0 bridgehead atoms. The van der Waals surface area contributed by atoms with Crippen molar-refractivity contribution < 1.29 is 9.32 Å². The Morgan fingerprint density at radius 3 is 2.44 bits per heavy atom. The molecule has 7 heteroatoms. The van der Waals surface area contributed by atoms with E-state index in [2.05, 4.69) is 10.1 Å². The van der Waals surface area contributed by atoms with Gasteiger partial charge in [0.05, 0.1) is 0 Å². The largest absolute Gasteiger partial charge is 0.335 e.